The number of rotatable bonds is 3. The first-order valence-electron chi connectivity index (χ1n) is 5.99. The lowest BCUT2D eigenvalue weighted by Gasteiger charge is -2.29. The van der Waals surface area contributed by atoms with Crippen LogP contribution in [0.1, 0.15) is 12.8 Å². The fraction of sp³-hybridized carbons (Fsp3) is 0.909. The minimum Gasteiger partial charge on any atom is -0.374 e. The summed E-state index contributed by atoms with van der Waals surface area (Å²) in [6, 6.07) is 0.624. The van der Waals surface area contributed by atoms with Gasteiger partial charge in [-0.25, -0.2) is 0 Å². The van der Waals surface area contributed by atoms with Gasteiger partial charge in [-0.1, -0.05) is 0 Å². The normalized spacial score (nSPS) is 28.1. The average molecular weight is 226 g/mol. The minimum absolute atomic E-state index is 0.199. The third kappa shape index (κ3) is 3.09. The second-order valence-electron chi connectivity index (χ2n) is 4.80. The number of guanidine groups is 1. The van der Waals surface area contributed by atoms with E-state index in [-0.39, 0.29) is 6.10 Å². The van der Waals surface area contributed by atoms with Crippen molar-refractivity contribution in [2.24, 2.45) is 10.7 Å². The molecule has 0 amide bonds. The Bertz CT molecular complexity index is 265. The van der Waals surface area contributed by atoms with Crippen molar-refractivity contribution in [3.63, 3.8) is 0 Å². The van der Waals surface area contributed by atoms with Gasteiger partial charge in [0.25, 0.3) is 0 Å². The summed E-state index contributed by atoms with van der Waals surface area (Å²) in [4.78, 5) is 8.76. The Hall–Kier alpha value is -0.810. The second kappa shape index (κ2) is 5.01. The van der Waals surface area contributed by atoms with Gasteiger partial charge in [0.1, 0.15) is 0 Å². The average Bonchev–Trinajstić information content (AvgIpc) is 3.09. The van der Waals surface area contributed by atoms with Crippen LogP contribution in [0.25, 0.3) is 0 Å². The van der Waals surface area contributed by atoms with Gasteiger partial charge in [0.2, 0.25) is 0 Å². The molecular weight excluding hydrogens is 204 g/mol. The molecule has 92 valence electrons. The summed E-state index contributed by atoms with van der Waals surface area (Å²) >= 11 is 0. The van der Waals surface area contributed by atoms with Crippen LogP contribution in [0, 0.1) is 0 Å². The molecule has 0 aromatic rings. The third-order valence-corrected chi connectivity index (χ3v) is 3.25. The fourth-order valence-electron chi connectivity index (χ4n) is 1.93. The van der Waals surface area contributed by atoms with E-state index in [0.29, 0.717) is 18.5 Å². The molecule has 1 saturated heterocycles. The molecule has 5 nitrogen and oxygen atoms in total. The minimum atomic E-state index is 0.199. The molecule has 2 aliphatic rings. The van der Waals surface area contributed by atoms with Gasteiger partial charge < -0.3 is 20.3 Å². The Morgan fingerprint density at radius 2 is 2.31 bits per heavy atom. The molecule has 1 aliphatic carbocycles. The number of hydrogen-bond acceptors (Lipinski definition) is 3. The first kappa shape index (κ1) is 11.7. The molecule has 1 saturated carbocycles. The molecule has 1 atom stereocenters. The van der Waals surface area contributed by atoms with E-state index in [9.17, 15) is 0 Å². The van der Waals surface area contributed by atoms with Crippen LogP contribution in [0.3, 0.4) is 0 Å². The molecule has 1 heterocycles. The van der Waals surface area contributed by atoms with Crippen LogP contribution in [0.4, 0.5) is 0 Å². The summed E-state index contributed by atoms with van der Waals surface area (Å²) in [5.41, 5.74) is 5.92. The van der Waals surface area contributed by atoms with Crippen molar-refractivity contribution < 1.29 is 4.74 Å². The Morgan fingerprint density at radius 1 is 1.56 bits per heavy atom. The molecule has 16 heavy (non-hydrogen) atoms. The van der Waals surface area contributed by atoms with Gasteiger partial charge in [-0.3, -0.25) is 4.99 Å². The van der Waals surface area contributed by atoms with Crippen molar-refractivity contribution in [1.29, 1.82) is 0 Å². The summed E-state index contributed by atoms with van der Waals surface area (Å²) in [6.07, 6.45) is 2.69. The van der Waals surface area contributed by atoms with Crippen LogP contribution in [-0.4, -0.2) is 68.2 Å². The van der Waals surface area contributed by atoms with Crippen molar-refractivity contribution in [3.8, 4) is 0 Å². The Labute approximate surface area is 97.2 Å². The Kier molecular flexibility index (Phi) is 3.66. The summed E-state index contributed by atoms with van der Waals surface area (Å²) in [6.45, 7) is 3.43. The first-order chi connectivity index (χ1) is 7.66. The molecule has 1 unspecified atom stereocenters. The number of ether oxygens (including phenoxy) is 1. The van der Waals surface area contributed by atoms with E-state index in [0.717, 1.165) is 19.7 Å². The highest BCUT2D eigenvalue weighted by Crippen LogP contribution is 2.24. The van der Waals surface area contributed by atoms with Crippen molar-refractivity contribution in [2.45, 2.75) is 25.0 Å². The number of morpholine rings is 1. The number of likely N-dealkylation sites (N-methyl/N-ethyl adjacent to an activating group) is 1. The molecule has 2 rings (SSSR count). The summed E-state index contributed by atoms with van der Waals surface area (Å²) in [7, 11) is 4.13. The summed E-state index contributed by atoms with van der Waals surface area (Å²) in [5, 5.41) is 0. The number of hydrogen-bond donors (Lipinski definition) is 1. The van der Waals surface area contributed by atoms with Crippen molar-refractivity contribution in [2.75, 3.05) is 40.3 Å². The van der Waals surface area contributed by atoms with E-state index in [4.69, 9.17) is 10.5 Å². The standard InChI is InChI=1S/C11H22N4O/c1-14-5-6-16-10(8-14)7-13-11(12)15(2)9-3-4-9/h9-10H,3-8H2,1-2H3,(H2,12,13). The maximum absolute atomic E-state index is 5.92. The zero-order valence-electron chi connectivity index (χ0n) is 10.2. The van der Waals surface area contributed by atoms with Gasteiger partial charge in [0.05, 0.1) is 19.3 Å². The van der Waals surface area contributed by atoms with Gasteiger partial charge in [-0.05, 0) is 19.9 Å². The predicted octanol–water partition coefficient (Wildman–Crippen LogP) is -0.274. The molecule has 0 aromatic heterocycles. The van der Waals surface area contributed by atoms with Gasteiger partial charge in [-0.2, -0.15) is 0 Å². The maximum atomic E-state index is 5.92. The van der Waals surface area contributed by atoms with E-state index >= 15 is 0 Å². The highest BCUT2D eigenvalue weighted by Gasteiger charge is 2.27. The number of aliphatic imine (C=N–C) groups is 1. The van der Waals surface area contributed by atoms with E-state index in [1.807, 2.05) is 7.05 Å². The Morgan fingerprint density at radius 3 is 2.94 bits per heavy atom. The van der Waals surface area contributed by atoms with Crippen LogP contribution in [0.5, 0.6) is 0 Å². The van der Waals surface area contributed by atoms with E-state index < -0.39 is 0 Å². The van der Waals surface area contributed by atoms with Crippen LogP contribution >= 0.6 is 0 Å². The largest absolute Gasteiger partial charge is 0.374 e. The maximum Gasteiger partial charge on any atom is 0.191 e. The number of nitrogens with two attached hydrogens (primary N) is 1. The van der Waals surface area contributed by atoms with E-state index in [2.05, 4.69) is 21.8 Å². The SMILES string of the molecule is CN1CCOC(CN=C(N)N(C)C2CC2)C1. The molecule has 0 spiro atoms. The van der Waals surface area contributed by atoms with Gasteiger partial charge >= 0.3 is 0 Å². The first-order valence-corrected chi connectivity index (χ1v) is 5.99. The zero-order chi connectivity index (χ0) is 11.5. The van der Waals surface area contributed by atoms with Crippen LogP contribution in [0.15, 0.2) is 4.99 Å². The lowest BCUT2D eigenvalue weighted by molar-refractivity contribution is -0.0137. The highest BCUT2D eigenvalue weighted by atomic mass is 16.5. The smallest absolute Gasteiger partial charge is 0.191 e. The molecule has 2 N–H and O–H groups in total. The molecular formula is C11H22N4O. The fourth-order valence-corrected chi connectivity index (χ4v) is 1.93. The van der Waals surface area contributed by atoms with Gasteiger partial charge in [0.15, 0.2) is 5.96 Å². The summed E-state index contributed by atoms with van der Waals surface area (Å²) in [5.74, 6) is 0.652. The monoisotopic (exact) mass is 226 g/mol. The molecule has 0 radical (unpaired) electrons. The van der Waals surface area contributed by atoms with E-state index in [1.165, 1.54) is 12.8 Å². The second-order valence-corrected chi connectivity index (χ2v) is 4.80. The van der Waals surface area contributed by atoms with Crippen LogP contribution < -0.4 is 5.73 Å². The molecule has 0 aromatic carbocycles. The predicted molar refractivity (Wildman–Crippen MR) is 64.5 cm³/mol. The molecule has 5 heteroatoms. The Balaban J connectivity index is 1.77. The van der Waals surface area contributed by atoms with Gasteiger partial charge in [0, 0.05) is 26.2 Å². The van der Waals surface area contributed by atoms with Crippen LogP contribution in [-0.2, 0) is 4.74 Å². The molecule has 0 bridgehead atoms. The molecule has 1 aliphatic heterocycles. The molecule has 2 fully saturated rings. The quantitative estimate of drug-likeness (QED) is 0.531. The topological polar surface area (TPSA) is 54.1 Å². The van der Waals surface area contributed by atoms with Crippen molar-refractivity contribution in [3.05, 3.63) is 0 Å². The van der Waals surface area contributed by atoms with Crippen molar-refractivity contribution in [1.82, 2.24) is 9.80 Å². The van der Waals surface area contributed by atoms with Gasteiger partial charge in [-0.15, -0.1) is 0 Å². The van der Waals surface area contributed by atoms with Crippen LogP contribution in [0.2, 0.25) is 0 Å². The van der Waals surface area contributed by atoms with E-state index in [1.54, 1.807) is 0 Å². The lowest BCUT2D eigenvalue weighted by Crippen LogP contribution is -2.42. The lowest BCUT2D eigenvalue weighted by atomic mass is 10.3. The summed E-state index contributed by atoms with van der Waals surface area (Å²) < 4.78 is 5.63. The van der Waals surface area contributed by atoms with Crippen molar-refractivity contribution >= 4 is 5.96 Å². The highest BCUT2D eigenvalue weighted by molar-refractivity contribution is 5.78. The number of nitrogens with zero attached hydrogens (tertiary/aromatic N) is 3. The zero-order valence-corrected chi connectivity index (χ0v) is 10.2. The third-order valence-electron chi connectivity index (χ3n) is 3.25.